The van der Waals surface area contributed by atoms with Crippen molar-refractivity contribution in [3.63, 3.8) is 0 Å². The van der Waals surface area contributed by atoms with Crippen molar-refractivity contribution in [2.24, 2.45) is 17.8 Å². The van der Waals surface area contributed by atoms with Crippen molar-refractivity contribution in [1.82, 2.24) is 10.6 Å². The number of aryl methyl sites for hydroxylation is 1. The number of fused-ring (bicyclic) bond motifs is 1. The zero-order chi connectivity index (χ0) is 15.3. The van der Waals surface area contributed by atoms with Crippen LogP contribution in [0.4, 0.5) is 0 Å². The first-order valence-electron chi connectivity index (χ1n) is 8.00. The van der Waals surface area contributed by atoms with E-state index < -0.39 is 0 Å². The molecule has 4 nitrogen and oxygen atoms in total. The Labute approximate surface area is 144 Å². The first-order valence-corrected chi connectivity index (χ1v) is 9.08. The summed E-state index contributed by atoms with van der Waals surface area (Å²) in [6.45, 7) is 4.66. The van der Waals surface area contributed by atoms with Crippen molar-refractivity contribution >= 4 is 28.5 Å². The van der Waals surface area contributed by atoms with E-state index in [9.17, 15) is 4.79 Å². The SMILES string of the molecule is Cc1cc(I)ccc1OCC1(NC(=O)[C@H]2[C@@H]3CNC[C@@H]32)CC1. The van der Waals surface area contributed by atoms with Crippen LogP contribution in [0, 0.1) is 28.2 Å². The fourth-order valence-corrected chi connectivity index (χ4v) is 4.25. The van der Waals surface area contributed by atoms with Gasteiger partial charge in [-0.15, -0.1) is 0 Å². The number of piperidine rings is 1. The van der Waals surface area contributed by atoms with Crippen molar-refractivity contribution in [1.29, 1.82) is 0 Å². The lowest BCUT2D eigenvalue weighted by molar-refractivity contribution is -0.124. The molecule has 1 aromatic rings. The molecule has 0 radical (unpaired) electrons. The summed E-state index contributed by atoms with van der Waals surface area (Å²) in [5.74, 6) is 2.58. The van der Waals surface area contributed by atoms with Crippen molar-refractivity contribution in [2.75, 3.05) is 19.7 Å². The highest BCUT2D eigenvalue weighted by atomic mass is 127. The van der Waals surface area contributed by atoms with Crippen LogP contribution in [-0.4, -0.2) is 31.1 Å². The van der Waals surface area contributed by atoms with Gasteiger partial charge in [-0.1, -0.05) is 0 Å². The van der Waals surface area contributed by atoms with Gasteiger partial charge in [0.25, 0.3) is 0 Å². The number of hydrogen-bond donors (Lipinski definition) is 2. The minimum atomic E-state index is -0.114. The molecule has 2 N–H and O–H groups in total. The van der Waals surface area contributed by atoms with E-state index in [0.717, 1.165) is 37.2 Å². The van der Waals surface area contributed by atoms with Crippen molar-refractivity contribution < 1.29 is 9.53 Å². The second-order valence-electron chi connectivity index (χ2n) is 6.98. The molecule has 1 saturated heterocycles. The van der Waals surface area contributed by atoms with E-state index in [2.05, 4.69) is 52.3 Å². The molecule has 3 fully saturated rings. The maximum atomic E-state index is 12.4. The number of hydrogen-bond acceptors (Lipinski definition) is 3. The maximum Gasteiger partial charge on any atom is 0.224 e. The molecule has 0 unspecified atom stereocenters. The average molecular weight is 412 g/mol. The van der Waals surface area contributed by atoms with Gasteiger partial charge in [-0.25, -0.2) is 0 Å². The number of amides is 1. The van der Waals surface area contributed by atoms with Crippen LogP contribution in [0.3, 0.4) is 0 Å². The highest BCUT2D eigenvalue weighted by Crippen LogP contribution is 2.49. The predicted molar refractivity (Wildman–Crippen MR) is 92.8 cm³/mol. The van der Waals surface area contributed by atoms with Gasteiger partial charge in [0.1, 0.15) is 12.4 Å². The van der Waals surface area contributed by atoms with E-state index in [0.29, 0.717) is 18.4 Å². The largest absolute Gasteiger partial charge is 0.491 e. The van der Waals surface area contributed by atoms with Gasteiger partial charge in [0, 0.05) is 9.49 Å². The molecule has 0 bridgehead atoms. The quantitative estimate of drug-likeness (QED) is 0.729. The zero-order valence-electron chi connectivity index (χ0n) is 12.7. The molecule has 22 heavy (non-hydrogen) atoms. The van der Waals surface area contributed by atoms with Crippen LogP contribution in [0.25, 0.3) is 0 Å². The molecule has 2 aliphatic carbocycles. The average Bonchev–Trinajstić information content (AvgIpc) is 3.35. The lowest BCUT2D eigenvalue weighted by Crippen LogP contribution is -2.43. The summed E-state index contributed by atoms with van der Waals surface area (Å²) in [6, 6.07) is 6.19. The predicted octanol–water partition coefficient (Wildman–Crippen LogP) is 2.09. The van der Waals surface area contributed by atoms with Crippen LogP contribution in [0.1, 0.15) is 18.4 Å². The summed E-state index contributed by atoms with van der Waals surface area (Å²) in [4.78, 5) is 12.4. The van der Waals surface area contributed by atoms with Gasteiger partial charge in [-0.05, 0) is 91.0 Å². The van der Waals surface area contributed by atoms with Gasteiger partial charge in [0.2, 0.25) is 5.91 Å². The van der Waals surface area contributed by atoms with E-state index in [4.69, 9.17) is 4.74 Å². The third kappa shape index (κ3) is 2.73. The highest BCUT2D eigenvalue weighted by Gasteiger charge is 2.58. The summed E-state index contributed by atoms with van der Waals surface area (Å²) < 4.78 is 7.20. The van der Waals surface area contributed by atoms with Gasteiger partial charge >= 0.3 is 0 Å². The Kier molecular flexibility index (Phi) is 3.60. The second kappa shape index (κ2) is 5.37. The minimum Gasteiger partial charge on any atom is -0.491 e. The number of halogens is 1. The van der Waals surface area contributed by atoms with Crippen LogP contribution in [-0.2, 0) is 4.79 Å². The van der Waals surface area contributed by atoms with E-state index in [-0.39, 0.29) is 17.4 Å². The van der Waals surface area contributed by atoms with Crippen molar-refractivity contribution in [2.45, 2.75) is 25.3 Å². The Morgan fingerprint density at radius 3 is 2.77 bits per heavy atom. The monoisotopic (exact) mass is 412 g/mol. The fourth-order valence-electron chi connectivity index (χ4n) is 3.60. The van der Waals surface area contributed by atoms with E-state index >= 15 is 0 Å². The number of carbonyl (C=O) groups excluding carboxylic acids is 1. The highest BCUT2D eigenvalue weighted by molar-refractivity contribution is 14.1. The Morgan fingerprint density at radius 2 is 2.14 bits per heavy atom. The number of rotatable bonds is 5. The molecule has 0 aromatic heterocycles. The summed E-state index contributed by atoms with van der Waals surface area (Å²) in [7, 11) is 0. The van der Waals surface area contributed by atoms with Crippen LogP contribution in [0.5, 0.6) is 5.75 Å². The fraction of sp³-hybridized carbons (Fsp3) is 0.588. The molecule has 3 aliphatic rings. The van der Waals surface area contributed by atoms with Gasteiger partial charge in [-0.2, -0.15) is 0 Å². The van der Waals surface area contributed by atoms with Crippen LogP contribution in [0.2, 0.25) is 0 Å². The molecule has 1 aromatic carbocycles. The van der Waals surface area contributed by atoms with E-state index in [1.54, 1.807) is 0 Å². The number of nitrogens with one attached hydrogen (secondary N) is 2. The number of carbonyl (C=O) groups is 1. The second-order valence-corrected chi connectivity index (χ2v) is 8.23. The number of ether oxygens (including phenoxy) is 1. The van der Waals surface area contributed by atoms with Gasteiger partial charge in [0.15, 0.2) is 0 Å². The Hall–Kier alpha value is -0.820. The lowest BCUT2D eigenvalue weighted by Gasteiger charge is -2.20. The first-order chi connectivity index (χ1) is 10.6. The Morgan fingerprint density at radius 1 is 1.41 bits per heavy atom. The molecule has 3 atom stereocenters. The normalized spacial score (nSPS) is 30.5. The standard InChI is InChI=1S/C17H21IN2O2/c1-10-6-11(18)2-3-14(10)22-9-17(4-5-17)20-16(21)15-12-7-19-8-13(12)15/h2-3,6,12-13,15,19H,4-5,7-9H2,1H3,(H,20,21)/t12-,13+,15+. The smallest absolute Gasteiger partial charge is 0.224 e. The molecule has 0 spiro atoms. The molecule has 1 heterocycles. The molecule has 1 amide bonds. The third-order valence-corrected chi connectivity index (χ3v) is 5.95. The number of benzene rings is 1. The summed E-state index contributed by atoms with van der Waals surface area (Å²) in [6.07, 6.45) is 2.06. The molecule has 118 valence electrons. The molecular weight excluding hydrogens is 391 g/mol. The first kappa shape index (κ1) is 14.8. The van der Waals surface area contributed by atoms with Crippen LogP contribution < -0.4 is 15.4 Å². The molecule has 5 heteroatoms. The minimum absolute atomic E-state index is 0.114. The van der Waals surface area contributed by atoms with Crippen molar-refractivity contribution in [3.8, 4) is 5.75 Å². The van der Waals surface area contributed by atoms with E-state index in [1.807, 2.05) is 6.07 Å². The van der Waals surface area contributed by atoms with Crippen molar-refractivity contribution in [3.05, 3.63) is 27.3 Å². The molecular formula is C17H21IN2O2. The maximum absolute atomic E-state index is 12.4. The van der Waals surface area contributed by atoms with Gasteiger partial charge in [-0.3, -0.25) is 4.79 Å². The van der Waals surface area contributed by atoms with Crippen LogP contribution >= 0.6 is 22.6 Å². The third-order valence-electron chi connectivity index (χ3n) is 5.28. The van der Waals surface area contributed by atoms with Crippen LogP contribution in [0.15, 0.2) is 18.2 Å². The van der Waals surface area contributed by atoms with Gasteiger partial charge in [0.05, 0.1) is 5.54 Å². The molecule has 4 rings (SSSR count). The summed E-state index contributed by atoms with van der Waals surface area (Å²) in [5.41, 5.74) is 1.04. The summed E-state index contributed by atoms with van der Waals surface area (Å²) >= 11 is 2.30. The van der Waals surface area contributed by atoms with E-state index in [1.165, 1.54) is 3.57 Å². The van der Waals surface area contributed by atoms with Gasteiger partial charge < -0.3 is 15.4 Å². The Bertz CT molecular complexity index is 605. The molecule has 1 aliphatic heterocycles. The Balaban J connectivity index is 1.33. The zero-order valence-corrected chi connectivity index (χ0v) is 14.9. The summed E-state index contributed by atoms with van der Waals surface area (Å²) in [5, 5.41) is 6.60. The topological polar surface area (TPSA) is 50.4 Å². The lowest BCUT2D eigenvalue weighted by atomic mass is 10.2. The molecule has 2 saturated carbocycles.